The number of phenols is 2. The van der Waals surface area contributed by atoms with E-state index in [0.29, 0.717) is 0 Å². The van der Waals surface area contributed by atoms with Gasteiger partial charge < -0.3 is 15.0 Å². The summed E-state index contributed by atoms with van der Waals surface area (Å²) >= 11 is 0. The number of phenolic OH excluding ortho intramolecular Hbond substituents is 2. The third kappa shape index (κ3) is 2.85. The van der Waals surface area contributed by atoms with E-state index >= 15 is 0 Å². The summed E-state index contributed by atoms with van der Waals surface area (Å²) < 4.78 is 0. The third-order valence-electron chi connectivity index (χ3n) is 2.07. The molecule has 0 fully saturated rings. The van der Waals surface area contributed by atoms with E-state index in [1.54, 1.807) is 24.3 Å². The Hall–Kier alpha value is -2.29. The van der Waals surface area contributed by atoms with Crippen molar-refractivity contribution >= 4 is 6.79 Å². The topological polar surface area (TPSA) is 57.5 Å². The minimum absolute atomic E-state index is 0.257. The first-order valence-electron chi connectivity index (χ1n) is 4.63. The molecule has 3 nitrogen and oxygen atoms in total. The Bertz CT molecular complexity index is 388. The van der Waals surface area contributed by atoms with E-state index in [1.807, 2.05) is 31.1 Å². The third-order valence-corrected chi connectivity index (χ3v) is 2.07. The van der Waals surface area contributed by atoms with Crippen molar-refractivity contribution < 1.29 is 15.0 Å². The van der Waals surface area contributed by atoms with Gasteiger partial charge in [-0.25, -0.2) is 0 Å². The van der Waals surface area contributed by atoms with E-state index in [4.69, 9.17) is 15.0 Å². The van der Waals surface area contributed by atoms with Gasteiger partial charge in [-0.3, -0.25) is 0 Å². The van der Waals surface area contributed by atoms with Crippen LogP contribution in [0.1, 0.15) is 0 Å². The lowest BCUT2D eigenvalue weighted by atomic mass is 10.1. The normalized spacial score (nSPS) is 9.00. The molecule has 82 valence electrons. The van der Waals surface area contributed by atoms with Crippen LogP contribution in [0.2, 0.25) is 0 Å². The van der Waals surface area contributed by atoms with Gasteiger partial charge >= 0.3 is 0 Å². The van der Waals surface area contributed by atoms with Gasteiger partial charge in [-0.1, -0.05) is 24.3 Å². The van der Waals surface area contributed by atoms with Crippen molar-refractivity contribution in [1.82, 2.24) is 0 Å². The van der Waals surface area contributed by atoms with Gasteiger partial charge in [0.25, 0.3) is 0 Å². The van der Waals surface area contributed by atoms with Gasteiger partial charge in [0.1, 0.15) is 18.3 Å². The van der Waals surface area contributed by atoms with E-state index in [0.717, 1.165) is 11.1 Å². The number of hydrogen-bond acceptors (Lipinski definition) is 3. The van der Waals surface area contributed by atoms with Crippen LogP contribution in [0.4, 0.5) is 0 Å². The second-order valence-corrected chi connectivity index (χ2v) is 3.09. The maximum absolute atomic E-state index is 9.11. The van der Waals surface area contributed by atoms with Gasteiger partial charge in [0.05, 0.1) is 0 Å². The zero-order valence-corrected chi connectivity index (χ0v) is 8.63. The Morgan fingerprint density at radius 1 is 0.625 bits per heavy atom. The summed E-state index contributed by atoms with van der Waals surface area (Å²) in [4.78, 5) is 8.00. The zero-order chi connectivity index (χ0) is 12.0. The van der Waals surface area contributed by atoms with Crippen LogP contribution in [0.5, 0.6) is 11.5 Å². The highest BCUT2D eigenvalue weighted by Gasteiger charge is 1.96. The van der Waals surface area contributed by atoms with Crippen LogP contribution >= 0.6 is 0 Å². The van der Waals surface area contributed by atoms with Crippen LogP contribution in [0.25, 0.3) is 11.1 Å². The Morgan fingerprint density at radius 2 is 0.875 bits per heavy atom. The van der Waals surface area contributed by atoms with Crippen LogP contribution in [0.15, 0.2) is 48.5 Å². The van der Waals surface area contributed by atoms with Crippen LogP contribution in [-0.2, 0) is 4.79 Å². The molecule has 0 atom stereocenters. The minimum Gasteiger partial charge on any atom is -0.508 e. The summed E-state index contributed by atoms with van der Waals surface area (Å²) in [7, 11) is 0. The molecule has 0 unspecified atom stereocenters. The van der Waals surface area contributed by atoms with Gasteiger partial charge in [-0.2, -0.15) is 0 Å². The van der Waals surface area contributed by atoms with Crippen molar-refractivity contribution in [2.24, 2.45) is 0 Å². The average molecular weight is 216 g/mol. The number of carbonyl (C=O) groups excluding carboxylic acids is 1. The fraction of sp³-hybridized carbons (Fsp3) is 0. The Kier molecular flexibility index (Phi) is 4.09. The summed E-state index contributed by atoms with van der Waals surface area (Å²) in [6, 6.07) is 13.9. The average Bonchev–Trinajstić information content (AvgIpc) is 2.34. The maximum Gasteiger partial charge on any atom is 0.115 e. The molecule has 0 aliphatic rings. The Balaban J connectivity index is 0.000000606. The standard InChI is InChI=1S/C12H10O2.CH2O/c13-11-5-1-9(2-6-11)10-3-7-12(14)8-4-10;1-2/h1-8,13-14H;1H2. The largest absolute Gasteiger partial charge is 0.508 e. The number of hydrogen-bond donors (Lipinski definition) is 2. The molecule has 0 amide bonds. The number of carbonyl (C=O) groups is 1. The molecule has 2 rings (SSSR count). The highest BCUT2D eigenvalue weighted by molar-refractivity contribution is 5.64. The predicted octanol–water partition coefficient (Wildman–Crippen LogP) is 2.58. The Morgan fingerprint density at radius 3 is 1.12 bits per heavy atom. The lowest BCUT2D eigenvalue weighted by molar-refractivity contribution is -0.0979. The van der Waals surface area contributed by atoms with Gasteiger partial charge in [-0.05, 0) is 35.4 Å². The van der Waals surface area contributed by atoms with Gasteiger partial charge in [0, 0.05) is 0 Å². The maximum atomic E-state index is 9.11. The molecule has 2 aromatic rings. The molecule has 0 aliphatic carbocycles. The van der Waals surface area contributed by atoms with Crippen molar-refractivity contribution in [2.75, 3.05) is 0 Å². The van der Waals surface area contributed by atoms with Gasteiger partial charge in [0.15, 0.2) is 0 Å². The molecule has 2 aromatic carbocycles. The van der Waals surface area contributed by atoms with E-state index in [9.17, 15) is 0 Å². The lowest BCUT2D eigenvalue weighted by Crippen LogP contribution is -1.75. The van der Waals surface area contributed by atoms with Crippen molar-refractivity contribution in [1.29, 1.82) is 0 Å². The van der Waals surface area contributed by atoms with E-state index < -0.39 is 0 Å². The van der Waals surface area contributed by atoms with E-state index in [-0.39, 0.29) is 11.5 Å². The SMILES string of the molecule is C=O.Oc1ccc(-c2ccc(O)cc2)cc1. The van der Waals surface area contributed by atoms with Crippen molar-refractivity contribution in [3.8, 4) is 22.6 Å². The molecule has 0 heterocycles. The first-order valence-corrected chi connectivity index (χ1v) is 4.63. The number of rotatable bonds is 1. The molecular formula is C13H12O3. The van der Waals surface area contributed by atoms with Crippen molar-refractivity contribution in [3.05, 3.63) is 48.5 Å². The number of aromatic hydroxyl groups is 2. The van der Waals surface area contributed by atoms with Crippen molar-refractivity contribution in [2.45, 2.75) is 0 Å². The molecule has 0 radical (unpaired) electrons. The summed E-state index contributed by atoms with van der Waals surface area (Å²) in [5, 5.41) is 18.2. The summed E-state index contributed by atoms with van der Waals surface area (Å²) in [6.07, 6.45) is 0. The molecular weight excluding hydrogens is 204 g/mol. The van der Waals surface area contributed by atoms with Crippen molar-refractivity contribution in [3.63, 3.8) is 0 Å². The predicted molar refractivity (Wildman–Crippen MR) is 62.3 cm³/mol. The highest BCUT2D eigenvalue weighted by Crippen LogP contribution is 2.23. The monoisotopic (exact) mass is 216 g/mol. The fourth-order valence-corrected chi connectivity index (χ4v) is 1.31. The lowest BCUT2D eigenvalue weighted by Gasteiger charge is -2.01. The van der Waals surface area contributed by atoms with Crippen LogP contribution in [0.3, 0.4) is 0 Å². The second kappa shape index (κ2) is 5.56. The highest BCUT2D eigenvalue weighted by atomic mass is 16.3. The quantitative estimate of drug-likeness (QED) is 0.770. The van der Waals surface area contributed by atoms with Gasteiger partial charge in [0.2, 0.25) is 0 Å². The molecule has 0 spiro atoms. The molecule has 0 bridgehead atoms. The van der Waals surface area contributed by atoms with Crippen LogP contribution in [0, 0.1) is 0 Å². The Labute approximate surface area is 93.6 Å². The summed E-state index contributed by atoms with van der Waals surface area (Å²) in [5.41, 5.74) is 2.03. The smallest absolute Gasteiger partial charge is 0.115 e. The van der Waals surface area contributed by atoms with Crippen LogP contribution in [-0.4, -0.2) is 17.0 Å². The van der Waals surface area contributed by atoms with E-state index in [1.165, 1.54) is 0 Å². The summed E-state index contributed by atoms with van der Waals surface area (Å²) in [5.74, 6) is 0.514. The second-order valence-electron chi connectivity index (χ2n) is 3.09. The molecule has 0 aromatic heterocycles. The summed E-state index contributed by atoms with van der Waals surface area (Å²) in [6.45, 7) is 2.00. The molecule has 16 heavy (non-hydrogen) atoms. The number of benzene rings is 2. The van der Waals surface area contributed by atoms with Gasteiger partial charge in [-0.15, -0.1) is 0 Å². The van der Waals surface area contributed by atoms with E-state index in [2.05, 4.69) is 0 Å². The minimum atomic E-state index is 0.257. The molecule has 0 saturated carbocycles. The molecule has 0 saturated heterocycles. The first-order chi connectivity index (χ1) is 7.75. The zero-order valence-electron chi connectivity index (χ0n) is 8.63. The molecule has 3 heteroatoms. The van der Waals surface area contributed by atoms with Crippen LogP contribution < -0.4 is 0 Å². The fourth-order valence-electron chi connectivity index (χ4n) is 1.31. The molecule has 2 N–H and O–H groups in total. The first kappa shape index (κ1) is 11.8. The molecule has 0 aliphatic heterocycles.